The summed E-state index contributed by atoms with van der Waals surface area (Å²) in [6.07, 6.45) is 2.06. The largest absolute Gasteiger partial charge is 0.508 e. The summed E-state index contributed by atoms with van der Waals surface area (Å²) in [5, 5.41) is 26.2. The molecule has 2 unspecified atom stereocenters. The van der Waals surface area contributed by atoms with Gasteiger partial charge in [0.25, 0.3) is 0 Å². The van der Waals surface area contributed by atoms with Crippen molar-refractivity contribution in [1.29, 1.82) is 0 Å². The van der Waals surface area contributed by atoms with Gasteiger partial charge in [-0.1, -0.05) is 30.3 Å². The molecule has 3 rings (SSSR count). The van der Waals surface area contributed by atoms with Gasteiger partial charge in [0.1, 0.15) is 18.3 Å². The topological polar surface area (TPSA) is 187 Å². The first-order valence-corrected chi connectivity index (χ1v) is 10.9. The number of phenolic OH excluding ortho intramolecular Hbond substituents is 1. The van der Waals surface area contributed by atoms with Crippen molar-refractivity contribution in [2.24, 2.45) is 5.73 Å². The second-order valence-electron chi connectivity index (χ2n) is 7.99. The number of phenols is 1. The Kier molecular flexibility index (Phi) is 8.41. The molecule has 11 nitrogen and oxygen atoms in total. The zero-order chi connectivity index (χ0) is 25.4. The molecule has 2 aromatic carbocycles. The highest BCUT2D eigenvalue weighted by molar-refractivity contribution is 5.93. The van der Waals surface area contributed by atoms with E-state index >= 15 is 0 Å². The highest BCUT2D eigenvalue weighted by atomic mass is 16.4. The zero-order valence-electron chi connectivity index (χ0n) is 18.8. The molecule has 1 aromatic heterocycles. The number of benzene rings is 2. The second kappa shape index (κ2) is 11.7. The third-order valence-corrected chi connectivity index (χ3v) is 5.32. The van der Waals surface area contributed by atoms with Crippen molar-refractivity contribution < 1.29 is 29.4 Å². The molecule has 0 saturated heterocycles. The van der Waals surface area contributed by atoms with Gasteiger partial charge in [0.2, 0.25) is 17.7 Å². The molecule has 0 saturated carbocycles. The molecule has 0 fully saturated rings. The first kappa shape index (κ1) is 25.2. The number of fused-ring (bicyclic) bond motifs is 1. The van der Waals surface area contributed by atoms with Crippen molar-refractivity contribution in [2.45, 2.75) is 24.9 Å². The summed E-state index contributed by atoms with van der Waals surface area (Å²) in [6.45, 7) is -1.03. The quantitative estimate of drug-likeness (QED) is 0.197. The molecule has 1 heterocycles. The van der Waals surface area contributed by atoms with Crippen LogP contribution in [0.4, 0.5) is 0 Å². The summed E-state index contributed by atoms with van der Waals surface area (Å²) >= 11 is 0. The molecular formula is C24H27N5O6. The average molecular weight is 482 g/mol. The second-order valence-corrected chi connectivity index (χ2v) is 7.99. The molecule has 0 bridgehead atoms. The molecule has 184 valence electrons. The Morgan fingerprint density at radius 1 is 0.914 bits per heavy atom. The fourth-order valence-corrected chi connectivity index (χ4v) is 3.51. The van der Waals surface area contributed by atoms with E-state index in [0.29, 0.717) is 0 Å². The number of aromatic hydroxyl groups is 1. The van der Waals surface area contributed by atoms with Crippen LogP contribution in [-0.4, -0.2) is 64.1 Å². The van der Waals surface area contributed by atoms with Crippen molar-refractivity contribution in [3.8, 4) is 5.75 Å². The molecule has 2 atom stereocenters. The Balaban J connectivity index is 1.70. The van der Waals surface area contributed by atoms with Crippen LogP contribution in [0.3, 0.4) is 0 Å². The number of nitrogens with one attached hydrogen (secondary N) is 4. The highest BCUT2D eigenvalue weighted by Gasteiger charge is 2.25. The number of para-hydroxylation sites is 1. The normalized spacial score (nSPS) is 12.5. The number of H-pyrrole nitrogens is 1. The Labute approximate surface area is 200 Å². The van der Waals surface area contributed by atoms with Crippen molar-refractivity contribution in [3.05, 3.63) is 65.9 Å². The lowest BCUT2D eigenvalue weighted by molar-refractivity contribution is -0.138. The first-order chi connectivity index (χ1) is 16.7. The van der Waals surface area contributed by atoms with Gasteiger partial charge in [-0.3, -0.25) is 19.2 Å². The number of amides is 3. The van der Waals surface area contributed by atoms with Crippen molar-refractivity contribution in [1.82, 2.24) is 20.9 Å². The average Bonchev–Trinajstić information content (AvgIpc) is 3.24. The fraction of sp³-hybridized carbons (Fsp3) is 0.250. The van der Waals surface area contributed by atoms with Gasteiger partial charge in [0.05, 0.1) is 12.6 Å². The van der Waals surface area contributed by atoms with Crippen molar-refractivity contribution >= 4 is 34.6 Å². The molecule has 11 heteroatoms. The maximum absolute atomic E-state index is 12.9. The number of aromatic amines is 1. The van der Waals surface area contributed by atoms with E-state index in [1.54, 1.807) is 18.3 Å². The van der Waals surface area contributed by atoms with Crippen molar-refractivity contribution in [3.63, 3.8) is 0 Å². The molecule has 8 N–H and O–H groups in total. The summed E-state index contributed by atoms with van der Waals surface area (Å²) in [6, 6.07) is 11.8. The highest BCUT2D eigenvalue weighted by Crippen LogP contribution is 2.19. The number of rotatable bonds is 11. The number of hydrogen-bond donors (Lipinski definition) is 7. The summed E-state index contributed by atoms with van der Waals surface area (Å²) in [7, 11) is 0. The minimum atomic E-state index is -1.21. The van der Waals surface area contributed by atoms with Crippen LogP contribution in [0.15, 0.2) is 54.7 Å². The van der Waals surface area contributed by atoms with Crippen LogP contribution in [0.25, 0.3) is 10.9 Å². The number of carboxylic acids is 1. The van der Waals surface area contributed by atoms with Gasteiger partial charge in [-0.2, -0.15) is 0 Å². The lowest BCUT2D eigenvalue weighted by Gasteiger charge is -2.21. The van der Waals surface area contributed by atoms with Gasteiger partial charge in [-0.15, -0.1) is 0 Å². The molecule has 0 spiro atoms. The number of nitrogens with two attached hydrogens (primary N) is 1. The van der Waals surface area contributed by atoms with Gasteiger partial charge in [-0.25, -0.2) is 0 Å². The number of carbonyl (C=O) groups is 4. The van der Waals surface area contributed by atoms with Gasteiger partial charge in [0, 0.05) is 23.5 Å². The van der Waals surface area contributed by atoms with Gasteiger partial charge < -0.3 is 36.9 Å². The summed E-state index contributed by atoms with van der Waals surface area (Å²) in [4.78, 5) is 51.2. The molecule has 0 aliphatic carbocycles. The molecule has 3 amide bonds. The summed E-state index contributed by atoms with van der Waals surface area (Å²) in [5.74, 6) is -2.98. The van der Waals surface area contributed by atoms with E-state index in [1.807, 2.05) is 24.3 Å². The van der Waals surface area contributed by atoms with Crippen LogP contribution in [-0.2, 0) is 32.0 Å². The van der Waals surface area contributed by atoms with E-state index in [9.17, 15) is 24.3 Å². The summed E-state index contributed by atoms with van der Waals surface area (Å²) < 4.78 is 0. The van der Waals surface area contributed by atoms with Crippen molar-refractivity contribution in [2.75, 3.05) is 13.1 Å². The molecule has 35 heavy (non-hydrogen) atoms. The van der Waals surface area contributed by atoms with E-state index < -0.39 is 48.9 Å². The van der Waals surface area contributed by atoms with E-state index in [2.05, 4.69) is 20.9 Å². The van der Waals surface area contributed by atoms with E-state index in [1.165, 1.54) is 12.1 Å². The predicted molar refractivity (Wildman–Crippen MR) is 127 cm³/mol. The van der Waals surface area contributed by atoms with Crippen LogP contribution in [0.1, 0.15) is 11.1 Å². The maximum Gasteiger partial charge on any atom is 0.322 e. The first-order valence-electron chi connectivity index (χ1n) is 10.9. The molecule has 0 radical (unpaired) electrons. The number of hydrogen-bond acceptors (Lipinski definition) is 6. The Bertz CT molecular complexity index is 1210. The van der Waals surface area contributed by atoms with E-state index in [4.69, 9.17) is 10.8 Å². The Morgan fingerprint density at radius 3 is 2.34 bits per heavy atom. The van der Waals surface area contributed by atoms with Crippen LogP contribution >= 0.6 is 0 Å². The van der Waals surface area contributed by atoms with E-state index in [-0.39, 0.29) is 18.6 Å². The predicted octanol–water partition coefficient (Wildman–Crippen LogP) is -0.212. The minimum Gasteiger partial charge on any atom is -0.508 e. The van der Waals surface area contributed by atoms with Gasteiger partial charge >= 0.3 is 5.97 Å². The van der Waals surface area contributed by atoms with Gasteiger partial charge in [-0.05, 0) is 35.7 Å². The summed E-state index contributed by atoms with van der Waals surface area (Å²) in [5.41, 5.74) is 8.44. The number of carbonyl (C=O) groups excluding carboxylic acids is 3. The molecule has 0 aliphatic rings. The smallest absolute Gasteiger partial charge is 0.322 e. The number of aliphatic carboxylic acids is 1. The minimum absolute atomic E-state index is 0.0922. The van der Waals surface area contributed by atoms with Crippen LogP contribution < -0.4 is 21.7 Å². The maximum atomic E-state index is 12.9. The fourth-order valence-electron chi connectivity index (χ4n) is 3.51. The number of aromatic nitrogens is 1. The van der Waals surface area contributed by atoms with Crippen LogP contribution in [0.5, 0.6) is 5.75 Å². The lowest BCUT2D eigenvalue weighted by Crippen LogP contribution is -2.54. The zero-order valence-corrected chi connectivity index (χ0v) is 18.8. The monoisotopic (exact) mass is 481 g/mol. The molecule has 3 aromatic rings. The lowest BCUT2D eigenvalue weighted by atomic mass is 10.0. The van der Waals surface area contributed by atoms with Gasteiger partial charge in [0.15, 0.2) is 0 Å². The van der Waals surface area contributed by atoms with Crippen LogP contribution in [0.2, 0.25) is 0 Å². The number of carboxylic acid groups (broad SMARTS) is 1. The molecule has 0 aliphatic heterocycles. The Hall–Kier alpha value is -4.38. The molecular weight excluding hydrogens is 454 g/mol. The Morgan fingerprint density at radius 2 is 1.63 bits per heavy atom. The third kappa shape index (κ3) is 7.30. The third-order valence-electron chi connectivity index (χ3n) is 5.32. The standard InChI is InChI=1S/C24H27N5O6/c25-18(9-14-5-7-16(30)8-6-14)23(34)29-20(24(35)28-12-21(31)27-13-22(32)33)10-15-11-26-19-4-2-1-3-17(15)19/h1-8,11,18,20,26,30H,9-10,12-13,25H2,(H,27,31)(H,28,35)(H,29,34)(H,32,33). The SMILES string of the molecule is NC(Cc1ccc(O)cc1)C(=O)NC(Cc1c[nH]c2ccccc12)C(=O)NCC(=O)NCC(=O)O. The van der Waals surface area contributed by atoms with E-state index in [0.717, 1.165) is 22.0 Å². The van der Waals surface area contributed by atoms with Crippen LogP contribution in [0, 0.1) is 0 Å².